The first kappa shape index (κ1) is 85.4. The number of hydrogen-bond acceptors (Lipinski definition) is 0. The third-order valence-electron chi connectivity index (χ3n) is 0. The van der Waals surface area contributed by atoms with E-state index >= 15 is 0 Å². The molecule has 59 valence electrons. The molecule has 0 saturated carbocycles. The minimum atomic E-state index is 0. The smallest absolute Gasteiger partial charge is 0 e. The van der Waals surface area contributed by atoms with Crippen molar-refractivity contribution < 1.29 is 94.5 Å². The maximum Gasteiger partial charge on any atom is 0 e. The number of rotatable bonds is 0. The Bertz CT molecular complexity index is 11.0. The van der Waals surface area contributed by atoms with Crippen LogP contribution in [-0.2, 0) is 20.1 Å². The second-order valence-electron chi connectivity index (χ2n) is 0. The zero-order chi connectivity index (χ0) is 0. The third-order valence-corrected chi connectivity index (χ3v) is 0. The Morgan fingerprint density at radius 1 is 0.333 bits per heavy atom. The molecule has 0 aromatic heterocycles. The molecule has 3 radical (unpaired) electrons. The van der Waals surface area contributed by atoms with Gasteiger partial charge in [-0.3, -0.25) is 0 Å². The van der Waals surface area contributed by atoms with Crippen LogP contribution in [0.4, 0.5) is 0 Å². The zero-order valence-corrected chi connectivity index (χ0v) is 17.8. The van der Waals surface area contributed by atoms with Crippen molar-refractivity contribution >= 4 is 103 Å². The van der Waals surface area contributed by atoms with Crippen molar-refractivity contribution in [3.8, 4) is 0 Å². The molecular formula is Cl6IrK2-6. The summed E-state index contributed by atoms with van der Waals surface area (Å²) in [6, 6.07) is 0. The van der Waals surface area contributed by atoms with Crippen LogP contribution in [0.15, 0.2) is 0 Å². The van der Waals surface area contributed by atoms with Crippen molar-refractivity contribution in [3.63, 3.8) is 0 Å². The summed E-state index contributed by atoms with van der Waals surface area (Å²) >= 11 is 0. The van der Waals surface area contributed by atoms with Crippen LogP contribution in [0.1, 0.15) is 0 Å². The van der Waals surface area contributed by atoms with E-state index in [-0.39, 0.29) is 197 Å². The van der Waals surface area contributed by atoms with E-state index in [0.29, 0.717) is 0 Å². The van der Waals surface area contributed by atoms with Gasteiger partial charge in [-0.25, -0.2) is 0 Å². The van der Waals surface area contributed by atoms with E-state index in [2.05, 4.69) is 0 Å². The second kappa shape index (κ2) is 68.3. The standard InChI is InChI=1S/6ClH.Ir.2K/h6*1H;;;/p-6. The molecule has 0 aromatic carbocycles. The maximum absolute atomic E-state index is 0. The molecule has 0 spiro atoms. The molecule has 0 aromatic rings. The zero-order valence-electron chi connectivity index (χ0n) is 4.60. The minimum absolute atomic E-state index is 0. The van der Waals surface area contributed by atoms with Crippen molar-refractivity contribution in [2.45, 2.75) is 0 Å². The van der Waals surface area contributed by atoms with Gasteiger partial charge in [-0.05, 0) is 0 Å². The van der Waals surface area contributed by atoms with Crippen molar-refractivity contribution in [1.29, 1.82) is 0 Å². The summed E-state index contributed by atoms with van der Waals surface area (Å²) in [5, 5.41) is 0. The molecule has 0 unspecified atom stereocenters. The summed E-state index contributed by atoms with van der Waals surface area (Å²) < 4.78 is 0. The molecule has 0 atom stereocenters. The molecule has 0 N–H and O–H groups in total. The van der Waals surface area contributed by atoms with Gasteiger partial charge in [-0.1, -0.05) is 0 Å². The van der Waals surface area contributed by atoms with Crippen LogP contribution in [0.2, 0.25) is 0 Å². The van der Waals surface area contributed by atoms with Crippen LogP contribution in [-0.4, -0.2) is 103 Å². The molecule has 0 fully saturated rings. The summed E-state index contributed by atoms with van der Waals surface area (Å²) in [7, 11) is 0. The van der Waals surface area contributed by atoms with Gasteiger partial charge in [0.1, 0.15) is 0 Å². The Morgan fingerprint density at radius 3 is 0.333 bits per heavy atom. The van der Waals surface area contributed by atoms with Crippen LogP contribution < -0.4 is 74.4 Å². The fourth-order valence-corrected chi connectivity index (χ4v) is 0. The Balaban J connectivity index is 0. The molecule has 0 heterocycles. The van der Waals surface area contributed by atoms with Gasteiger partial charge in [-0.2, -0.15) is 0 Å². The van der Waals surface area contributed by atoms with Crippen molar-refractivity contribution in [2.75, 3.05) is 0 Å². The average molecular weight is 483 g/mol. The second-order valence-corrected chi connectivity index (χ2v) is 0. The minimum Gasteiger partial charge on any atom is -1.00 e. The Hall–Kier alpha value is 5.66. The van der Waals surface area contributed by atoms with E-state index in [9.17, 15) is 0 Å². The predicted octanol–water partition coefficient (Wildman–Crippen LogP) is -18.7. The molecular weight excluding hydrogens is 483 g/mol. The van der Waals surface area contributed by atoms with Gasteiger partial charge in [0.25, 0.3) is 0 Å². The van der Waals surface area contributed by atoms with Crippen LogP contribution in [0, 0.1) is 0 Å². The Kier molecular flexibility index (Phi) is 648. The Labute approximate surface area is 192 Å². The summed E-state index contributed by atoms with van der Waals surface area (Å²) in [6.45, 7) is 0. The molecule has 0 aliphatic heterocycles. The molecule has 0 aliphatic rings. The van der Waals surface area contributed by atoms with Crippen LogP contribution in [0.3, 0.4) is 0 Å². The Morgan fingerprint density at radius 2 is 0.333 bits per heavy atom. The first-order chi connectivity index (χ1) is 0. The van der Waals surface area contributed by atoms with Gasteiger partial charge in [0.2, 0.25) is 0 Å². The average Bonchev–Trinajstić information content (AvgIpc) is 0. The fraction of sp³-hybridized carbons (Fsp3) is 0. The first-order valence-corrected chi connectivity index (χ1v) is 0. The molecule has 0 nitrogen and oxygen atoms in total. The van der Waals surface area contributed by atoms with Gasteiger partial charge in [-0.15, -0.1) is 0 Å². The van der Waals surface area contributed by atoms with Crippen molar-refractivity contribution in [1.82, 2.24) is 0 Å². The first-order valence-electron chi connectivity index (χ1n) is 0. The summed E-state index contributed by atoms with van der Waals surface area (Å²) in [5.41, 5.74) is 0. The topological polar surface area (TPSA) is 0 Å². The maximum atomic E-state index is 0. The number of halogens is 6. The van der Waals surface area contributed by atoms with Crippen LogP contribution in [0.25, 0.3) is 0 Å². The van der Waals surface area contributed by atoms with Crippen molar-refractivity contribution in [3.05, 3.63) is 0 Å². The van der Waals surface area contributed by atoms with Gasteiger partial charge < -0.3 is 74.4 Å². The summed E-state index contributed by atoms with van der Waals surface area (Å²) in [4.78, 5) is 0. The van der Waals surface area contributed by atoms with Crippen molar-refractivity contribution in [2.24, 2.45) is 0 Å². The van der Waals surface area contributed by atoms with E-state index in [4.69, 9.17) is 0 Å². The third kappa shape index (κ3) is 58.0. The number of hydrogen-bond donors (Lipinski definition) is 0. The van der Waals surface area contributed by atoms with E-state index in [0.717, 1.165) is 0 Å². The molecule has 9 heavy (non-hydrogen) atoms. The van der Waals surface area contributed by atoms with E-state index in [1.165, 1.54) is 0 Å². The molecule has 0 saturated heterocycles. The molecule has 0 bridgehead atoms. The van der Waals surface area contributed by atoms with Gasteiger partial charge >= 0.3 is 0 Å². The molecule has 0 aliphatic carbocycles. The van der Waals surface area contributed by atoms with E-state index in [1.54, 1.807) is 0 Å². The summed E-state index contributed by atoms with van der Waals surface area (Å²) in [5.74, 6) is 0. The largest absolute Gasteiger partial charge is 1.00 e. The fourth-order valence-electron chi connectivity index (χ4n) is 0. The predicted molar refractivity (Wildman–Crippen MR) is 11.5 cm³/mol. The quantitative estimate of drug-likeness (QED) is 0.301. The van der Waals surface area contributed by atoms with Crippen LogP contribution >= 0.6 is 0 Å². The van der Waals surface area contributed by atoms with Gasteiger partial charge in [0.15, 0.2) is 0 Å². The van der Waals surface area contributed by atoms with E-state index in [1.807, 2.05) is 0 Å². The SMILES string of the molecule is [Cl-].[Cl-].[Cl-].[Cl-].[Cl-].[Cl-].[Ir].[K].[K]. The monoisotopic (exact) mass is 481 g/mol. The van der Waals surface area contributed by atoms with E-state index < -0.39 is 0 Å². The summed E-state index contributed by atoms with van der Waals surface area (Å²) in [6.07, 6.45) is 0. The molecule has 0 amide bonds. The normalized spacial score (nSPS) is 0. The molecule has 9 heteroatoms. The molecule has 0 rings (SSSR count). The van der Waals surface area contributed by atoms with Crippen LogP contribution in [0.5, 0.6) is 0 Å². The van der Waals surface area contributed by atoms with Gasteiger partial charge in [0.05, 0.1) is 0 Å². The van der Waals surface area contributed by atoms with Gasteiger partial charge in [0, 0.05) is 123 Å².